The summed E-state index contributed by atoms with van der Waals surface area (Å²) in [6.45, 7) is 2.37. The highest BCUT2D eigenvalue weighted by atomic mass is 79.9. The van der Waals surface area contributed by atoms with E-state index >= 15 is 0 Å². The number of rotatable bonds is 3. The largest absolute Gasteiger partial charge is 0.508 e. The van der Waals surface area contributed by atoms with E-state index < -0.39 is 0 Å². The van der Waals surface area contributed by atoms with E-state index in [-0.39, 0.29) is 11.7 Å². The number of aromatic nitrogens is 1. The zero-order valence-electron chi connectivity index (χ0n) is 10.4. The van der Waals surface area contributed by atoms with E-state index in [9.17, 15) is 9.90 Å². The molecule has 1 aromatic carbocycles. The molecule has 2 rings (SSSR count). The summed E-state index contributed by atoms with van der Waals surface area (Å²) in [6, 6.07) is 10.1. The molecule has 1 N–H and O–H groups in total. The number of phenolic OH excluding ortho intramolecular Hbond substituents is 1. The zero-order valence-corrected chi connectivity index (χ0v) is 12.0. The van der Waals surface area contributed by atoms with Gasteiger partial charge >= 0.3 is 0 Å². The van der Waals surface area contributed by atoms with Gasteiger partial charge < -0.3 is 10.0 Å². The number of anilines is 1. The van der Waals surface area contributed by atoms with Crippen LogP contribution in [-0.4, -0.2) is 22.5 Å². The van der Waals surface area contributed by atoms with Crippen molar-refractivity contribution >= 4 is 27.5 Å². The second kappa shape index (κ2) is 5.84. The van der Waals surface area contributed by atoms with Gasteiger partial charge in [0.15, 0.2) is 0 Å². The van der Waals surface area contributed by atoms with Crippen molar-refractivity contribution in [3.63, 3.8) is 0 Å². The van der Waals surface area contributed by atoms with Gasteiger partial charge in [0, 0.05) is 29.0 Å². The Kier molecular flexibility index (Phi) is 4.16. The Morgan fingerprint density at radius 1 is 1.37 bits per heavy atom. The number of carbonyl (C=O) groups excluding carboxylic acids is 1. The molecule has 0 atom stereocenters. The zero-order chi connectivity index (χ0) is 13.8. The predicted molar refractivity (Wildman–Crippen MR) is 77.4 cm³/mol. The summed E-state index contributed by atoms with van der Waals surface area (Å²) in [7, 11) is 0. The standard InChI is InChI=1S/C14H13BrN2O2/c1-2-17(10-5-3-6-11(18)9-10)14(19)13-12(15)7-4-8-16-13/h3-9,18H,2H2,1H3. The van der Waals surface area contributed by atoms with Crippen LogP contribution in [0, 0.1) is 0 Å². The predicted octanol–water partition coefficient (Wildman–Crippen LogP) is 3.22. The van der Waals surface area contributed by atoms with Crippen LogP contribution in [0.5, 0.6) is 5.75 Å². The van der Waals surface area contributed by atoms with Crippen LogP contribution in [0.4, 0.5) is 5.69 Å². The summed E-state index contributed by atoms with van der Waals surface area (Å²) in [5.74, 6) is -0.0792. The van der Waals surface area contributed by atoms with Crippen molar-refractivity contribution < 1.29 is 9.90 Å². The van der Waals surface area contributed by atoms with Gasteiger partial charge in [-0.1, -0.05) is 6.07 Å². The number of pyridine rings is 1. The maximum atomic E-state index is 12.5. The van der Waals surface area contributed by atoms with Gasteiger partial charge in [-0.15, -0.1) is 0 Å². The first-order chi connectivity index (χ1) is 9.13. The molecule has 0 aliphatic heterocycles. The molecule has 0 fully saturated rings. The first-order valence-corrected chi connectivity index (χ1v) is 6.64. The lowest BCUT2D eigenvalue weighted by Gasteiger charge is -2.21. The second-order valence-corrected chi connectivity index (χ2v) is 4.76. The molecule has 0 saturated carbocycles. The van der Waals surface area contributed by atoms with Crippen molar-refractivity contribution in [2.45, 2.75) is 6.92 Å². The SMILES string of the molecule is CCN(C(=O)c1ncccc1Br)c1cccc(O)c1. The van der Waals surface area contributed by atoms with Crippen molar-refractivity contribution in [3.05, 3.63) is 52.8 Å². The first kappa shape index (κ1) is 13.5. The van der Waals surface area contributed by atoms with Gasteiger partial charge in [-0.2, -0.15) is 0 Å². The number of phenols is 1. The Labute approximate surface area is 119 Å². The molecule has 1 heterocycles. The Morgan fingerprint density at radius 3 is 2.79 bits per heavy atom. The molecule has 0 radical (unpaired) electrons. The normalized spacial score (nSPS) is 10.2. The molecule has 98 valence electrons. The van der Waals surface area contributed by atoms with Gasteiger partial charge in [-0.3, -0.25) is 4.79 Å². The summed E-state index contributed by atoms with van der Waals surface area (Å²) in [5.41, 5.74) is 0.998. The highest BCUT2D eigenvalue weighted by molar-refractivity contribution is 9.10. The number of benzene rings is 1. The summed E-state index contributed by atoms with van der Waals surface area (Å²) in [5, 5.41) is 9.50. The molecular formula is C14H13BrN2O2. The van der Waals surface area contributed by atoms with Crippen LogP contribution in [0.1, 0.15) is 17.4 Å². The lowest BCUT2D eigenvalue weighted by molar-refractivity contribution is 0.0983. The van der Waals surface area contributed by atoms with E-state index in [2.05, 4.69) is 20.9 Å². The minimum absolute atomic E-state index is 0.129. The Bertz CT molecular complexity index is 602. The van der Waals surface area contributed by atoms with Gasteiger partial charge in [0.05, 0.1) is 0 Å². The molecule has 0 saturated heterocycles. The van der Waals surface area contributed by atoms with Crippen LogP contribution in [-0.2, 0) is 0 Å². The third-order valence-electron chi connectivity index (χ3n) is 2.66. The molecule has 0 aliphatic rings. The molecule has 1 amide bonds. The second-order valence-electron chi connectivity index (χ2n) is 3.90. The van der Waals surface area contributed by atoms with E-state index in [4.69, 9.17) is 0 Å². The van der Waals surface area contributed by atoms with Crippen LogP contribution in [0.2, 0.25) is 0 Å². The molecule has 19 heavy (non-hydrogen) atoms. The highest BCUT2D eigenvalue weighted by Gasteiger charge is 2.19. The van der Waals surface area contributed by atoms with Crippen molar-refractivity contribution in [1.29, 1.82) is 0 Å². The quantitative estimate of drug-likeness (QED) is 0.944. The molecule has 4 nitrogen and oxygen atoms in total. The average molecular weight is 321 g/mol. The number of carbonyl (C=O) groups is 1. The molecule has 0 aliphatic carbocycles. The monoisotopic (exact) mass is 320 g/mol. The Morgan fingerprint density at radius 2 is 2.16 bits per heavy atom. The Balaban J connectivity index is 2.38. The number of halogens is 1. The molecule has 1 aromatic heterocycles. The maximum Gasteiger partial charge on any atom is 0.278 e. The minimum atomic E-state index is -0.208. The Hall–Kier alpha value is -1.88. The summed E-state index contributed by atoms with van der Waals surface area (Å²) >= 11 is 3.32. The smallest absolute Gasteiger partial charge is 0.278 e. The highest BCUT2D eigenvalue weighted by Crippen LogP contribution is 2.23. The minimum Gasteiger partial charge on any atom is -0.508 e. The van der Waals surface area contributed by atoms with Crippen molar-refractivity contribution in [3.8, 4) is 5.75 Å². The summed E-state index contributed by atoms with van der Waals surface area (Å²) < 4.78 is 0.651. The molecule has 0 spiro atoms. The maximum absolute atomic E-state index is 12.5. The van der Waals surface area contributed by atoms with Gasteiger partial charge in [0.1, 0.15) is 11.4 Å². The fourth-order valence-electron chi connectivity index (χ4n) is 1.78. The lowest BCUT2D eigenvalue weighted by Crippen LogP contribution is -2.31. The van der Waals surface area contributed by atoms with Gasteiger partial charge in [0.2, 0.25) is 0 Å². The number of aromatic hydroxyl groups is 1. The van der Waals surface area contributed by atoms with Crippen LogP contribution in [0.3, 0.4) is 0 Å². The van der Waals surface area contributed by atoms with E-state index in [1.54, 1.807) is 47.5 Å². The van der Waals surface area contributed by atoms with Crippen LogP contribution in [0.25, 0.3) is 0 Å². The lowest BCUT2D eigenvalue weighted by atomic mass is 10.2. The average Bonchev–Trinajstić information content (AvgIpc) is 2.40. The number of amides is 1. The molecule has 0 unspecified atom stereocenters. The topological polar surface area (TPSA) is 53.4 Å². The molecule has 2 aromatic rings. The van der Waals surface area contributed by atoms with Crippen LogP contribution in [0.15, 0.2) is 47.1 Å². The van der Waals surface area contributed by atoms with Gasteiger partial charge in [-0.05, 0) is 47.1 Å². The van der Waals surface area contributed by atoms with Crippen LogP contribution < -0.4 is 4.90 Å². The van der Waals surface area contributed by atoms with Crippen molar-refractivity contribution in [2.75, 3.05) is 11.4 Å². The van der Waals surface area contributed by atoms with Crippen LogP contribution >= 0.6 is 15.9 Å². The molecule has 5 heteroatoms. The number of nitrogens with zero attached hydrogens (tertiary/aromatic N) is 2. The van der Waals surface area contributed by atoms with Gasteiger partial charge in [-0.25, -0.2) is 4.98 Å². The fourth-order valence-corrected chi connectivity index (χ4v) is 2.20. The van der Waals surface area contributed by atoms with Crippen molar-refractivity contribution in [1.82, 2.24) is 4.98 Å². The van der Waals surface area contributed by atoms with E-state index in [0.717, 1.165) is 0 Å². The molecule has 0 bridgehead atoms. The first-order valence-electron chi connectivity index (χ1n) is 5.85. The fraction of sp³-hybridized carbons (Fsp3) is 0.143. The summed E-state index contributed by atoms with van der Waals surface area (Å²) in [4.78, 5) is 18.1. The molecular weight excluding hydrogens is 308 g/mol. The van der Waals surface area contributed by atoms with Crippen molar-refractivity contribution in [2.24, 2.45) is 0 Å². The number of hydrogen-bond acceptors (Lipinski definition) is 3. The third-order valence-corrected chi connectivity index (χ3v) is 3.30. The van der Waals surface area contributed by atoms with Gasteiger partial charge in [0.25, 0.3) is 5.91 Å². The van der Waals surface area contributed by atoms with E-state index in [1.165, 1.54) is 0 Å². The third kappa shape index (κ3) is 2.93. The number of hydrogen-bond donors (Lipinski definition) is 1. The van der Waals surface area contributed by atoms with E-state index in [0.29, 0.717) is 22.4 Å². The summed E-state index contributed by atoms with van der Waals surface area (Å²) in [6.07, 6.45) is 1.58. The van der Waals surface area contributed by atoms with E-state index in [1.807, 2.05) is 6.92 Å².